The number of nitrogens with zero attached hydrogens (tertiary/aromatic N) is 6. The predicted octanol–water partition coefficient (Wildman–Crippen LogP) is 2.25. The Bertz CT molecular complexity index is 1190. The van der Waals surface area contributed by atoms with Crippen LogP contribution in [0, 0.1) is 0 Å². The highest BCUT2D eigenvalue weighted by Gasteiger charge is 2.30. The maximum Gasteiger partial charge on any atom is 0.416 e. The van der Waals surface area contributed by atoms with Crippen LogP contribution >= 0.6 is 0 Å². The van der Waals surface area contributed by atoms with Gasteiger partial charge in [-0.2, -0.15) is 23.3 Å². The highest BCUT2D eigenvalue weighted by molar-refractivity contribution is 5.72. The van der Waals surface area contributed by atoms with Gasteiger partial charge in [0.2, 0.25) is 11.7 Å². The lowest BCUT2D eigenvalue weighted by atomic mass is 10.1. The molecule has 138 valence electrons. The highest BCUT2D eigenvalue weighted by Crippen LogP contribution is 2.31. The van der Waals surface area contributed by atoms with E-state index in [0.717, 1.165) is 12.1 Å². The molecular weight excluding hydrogens is 365 g/mol. The molecule has 0 radical (unpaired) electrons. The number of alkyl halides is 3. The minimum atomic E-state index is -4.47. The summed E-state index contributed by atoms with van der Waals surface area (Å²) in [5, 5.41) is 8.00. The summed E-state index contributed by atoms with van der Waals surface area (Å²) >= 11 is 0. The molecule has 0 aliphatic carbocycles. The molecule has 0 fully saturated rings. The largest absolute Gasteiger partial charge is 0.416 e. The lowest BCUT2D eigenvalue weighted by Crippen LogP contribution is -2.21. The van der Waals surface area contributed by atoms with Crippen LogP contribution in [0.15, 0.2) is 46.1 Å². The Balaban J connectivity index is 1.64. The van der Waals surface area contributed by atoms with Crippen LogP contribution in [-0.2, 0) is 19.8 Å². The zero-order valence-electron chi connectivity index (χ0n) is 13.8. The molecule has 8 nitrogen and oxygen atoms in total. The highest BCUT2D eigenvalue weighted by atomic mass is 19.4. The van der Waals surface area contributed by atoms with Crippen molar-refractivity contribution in [1.29, 1.82) is 0 Å². The fraction of sp³-hybridized carbons (Fsp3) is 0.188. The summed E-state index contributed by atoms with van der Waals surface area (Å²) in [7, 11) is 1.67. The van der Waals surface area contributed by atoms with E-state index in [1.54, 1.807) is 7.05 Å². The van der Waals surface area contributed by atoms with E-state index in [0.29, 0.717) is 11.0 Å². The Kier molecular flexibility index (Phi) is 3.79. The first-order chi connectivity index (χ1) is 12.8. The first-order valence-electron chi connectivity index (χ1n) is 7.70. The molecule has 4 rings (SSSR count). The number of aromatic nitrogens is 6. The third-order valence-corrected chi connectivity index (χ3v) is 3.94. The molecule has 0 bridgehead atoms. The molecule has 3 aromatic heterocycles. The van der Waals surface area contributed by atoms with Crippen molar-refractivity contribution in [2.45, 2.75) is 12.7 Å². The molecule has 0 N–H and O–H groups in total. The fourth-order valence-electron chi connectivity index (χ4n) is 2.60. The summed E-state index contributed by atoms with van der Waals surface area (Å²) < 4.78 is 46.3. The van der Waals surface area contributed by atoms with Crippen LogP contribution < -0.4 is 5.56 Å². The van der Waals surface area contributed by atoms with Gasteiger partial charge in [0.05, 0.1) is 11.8 Å². The van der Waals surface area contributed by atoms with Crippen LogP contribution in [0.4, 0.5) is 13.2 Å². The minimum Gasteiger partial charge on any atom is -0.337 e. The van der Waals surface area contributed by atoms with Crippen molar-refractivity contribution in [2.24, 2.45) is 7.05 Å². The van der Waals surface area contributed by atoms with Gasteiger partial charge in [-0.1, -0.05) is 17.3 Å². The number of aryl methyl sites for hydroxylation is 1. The van der Waals surface area contributed by atoms with Crippen molar-refractivity contribution in [2.75, 3.05) is 0 Å². The Morgan fingerprint density at radius 2 is 2.07 bits per heavy atom. The van der Waals surface area contributed by atoms with E-state index in [9.17, 15) is 18.0 Å². The molecule has 0 amide bonds. The Hall–Kier alpha value is -3.50. The number of halogens is 3. The lowest BCUT2D eigenvalue weighted by molar-refractivity contribution is -0.137. The van der Waals surface area contributed by atoms with Crippen molar-refractivity contribution in [3.8, 4) is 11.4 Å². The molecule has 0 spiro atoms. The summed E-state index contributed by atoms with van der Waals surface area (Å²) in [6.45, 7) is -0.0668. The standard InChI is InChI=1S/C16H11F3N6O2/c1-24-14-11(6-21-24)15(26)25(8-20-14)7-12-22-13(23-27-12)9-3-2-4-10(5-9)16(17,18)19/h2-6,8H,7H2,1H3. The molecule has 0 saturated heterocycles. The maximum absolute atomic E-state index is 12.8. The van der Waals surface area contributed by atoms with E-state index in [2.05, 4.69) is 20.2 Å². The van der Waals surface area contributed by atoms with Crippen molar-refractivity contribution >= 4 is 11.0 Å². The van der Waals surface area contributed by atoms with Crippen molar-refractivity contribution in [1.82, 2.24) is 29.5 Å². The van der Waals surface area contributed by atoms with Crippen molar-refractivity contribution in [3.05, 3.63) is 58.6 Å². The second-order valence-electron chi connectivity index (χ2n) is 5.77. The molecule has 0 aliphatic heterocycles. The van der Waals surface area contributed by atoms with Crippen molar-refractivity contribution in [3.63, 3.8) is 0 Å². The number of rotatable bonds is 3. The number of fused-ring (bicyclic) bond motifs is 1. The van der Waals surface area contributed by atoms with Gasteiger partial charge < -0.3 is 4.52 Å². The summed E-state index contributed by atoms with van der Waals surface area (Å²) in [6, 6.07) is 4.60. The third kappa shape index (κ3) is 3.07. The summed E-state index contributed by atoms with van der Waals surface area (Å²) in [5.41, 5.74) is -0.555. The van der Waals surface area contributed by atoms with Gasteiger partial charge in [0, 0.05) is 12.6 Å². The summed E-state index contributed by atoms with van der Waals surface area (Å²) in [5.74, 6) is 0.0640. The first-order valence-corrected chi connectivity index (χ1v) is 7.70. The van der Waals surface area contributed by atoms with Gasteiger partial charge in [-0.25, -0.2) is 4.98 Å². The van der Waals surface area contributed by atoms with E-state index in [-0.39, 0.29) is 29.4 Å². The van der Waals surface area contributed by atoms with Gasteiger partial charge in [-0.05, 0) is 12.1 Å². The molecule has 27 heavy (non-hydrogen) atoms. The average molecular weight is 376 g/mol. The van der Waals surface area contributed by atoms with Crippen LogP contribution in [0.5, 0.6) is 0 Å². The molecule has 11 heteroatoms. The van der Waals surface area contributed by atoms with E-state index in [4.69, 9.17) is 4.52 Å². The van der Waals surface area contributed by atoms with Gasteiger partial charge in [0.1, 0.15) is 18.3 Å². The normalized spacial score (nSPS) is 12.0. The lowest BCUT2D eigenvalue weighted by Gasteiger charge is -2.06. The SMILES string of the molecule is Cn1ncc2c(=O)n(Cc3nc(-c4cccc(C(F)(F)F)c4)no3)cnc21. The molecule has 0 atom stereocenters. The topological polar surface area (TPSA) is 91.6 Å². The quantitative estimate of drug-likeness (QED) is 0.545. The second-order valence-corrected chi connectivity index (χ2v) is 5.77. The Morgan fingerprint density at radius 1 is 1.26 bits per heavy atom. The molecule has 1 aromatic carbocycles. The van der Waals surface area contributed by atoms with Crippen LogP contribution in [-0.4, -0.2) is 29.5 Å². The average Bonchev–Trinajstić information content (AvgIpc) is 3.24. The molecule has 0 aliphatic rings. The molecule has 0 saturated carbocycles. The number of hydrogen-bond acceptors (Lipinski definition) is 6. The van der Waals surface area contributed by atoms with Gasteiger partial charge in [0.25, 0.3) is 5.56 Å². The van der Waals surface area contributed by atoms with Gasteiger partial charge >= 0.3 is 6.18 Å². The van der Waals surface area contributed by atoms with Gasteiger partial charge in [0.15, 0.2) is 5.65 Å². The van der Waals surface area contributed by atoms with Gasteiger partial charge in [-0.15, -0.1) is 0 Å². The Labute approximate surface area is 148 Å². The smallest absolute Gasteiger partial charge is 0.337 e. The molecular formula is C16H11F3N6O2. The number of benzene rings is 1. The van der Waals surface area contributed by atoms with Crippen LogP contribution in [0.2, 0.25) is 0 Å². The predicted molar refractivity (Wildman–Crippen MR) is 86.6 cm³/mol. The summed E-state index contributed by atoms with van der Waals surface area (Å²) in [6.07, 6.45) is -1.75. The molecule has 4 aromatic rings. The maximum atomic E-state index is 12.8. The van der Waals surface area contributed by atoms with Crippen LogP contribution in [0.1, 0.15) is 11.5 Å². The second kappa shape index (κ2) is 6.04. The Morgan fingerprint density at radius 3 is 2.85 bits per heavy atom. The van der Waals surface area contributed by atoms with Gasteiger partial charge in [-0.3, -0.25) is 14.0 Å². The van der Waals surface area contributed by atoms with E-state index >= 15 is 0 Å². The van der Waals surface area contributed by atoms with E-state index in [1.165, 1.54) is 33.9 Å². The van der Waals surface area contributed by atoms with Crippen LogP contribution in [0.3, 0.4) is 0 Å². The van der Waals surface area contributed by atoms with E-state index < -0.39 is 11.7 Å². The minimum absolute atomic E-state index is 0.000404. The fourth-order valence-corrected chi connectivity index (χ4v) is 2.60. The molecule has 0 unspecified atom stereocenters. The summed E-state index contributed by atoms with van der Waals surface area (Å²) in [4.78, 5) is 20.7. The molecule has 3 heterocycles. The van der Waals surface area contributed by atoms with Crippen LogP contribution in [0.25, 0.3) is 22.4 Å². The zero-order valence-corrected chi connectivity index (χ0v) is 13.8. The first kappa shape index (κ1) is 16.9. The number of hydrogen-bond donors (Lipinski definition) is 0. The zero-order chi connectivity index (χ0) is 19.2. The van der Waals surface area contributed by atoms with Crippen molar-refractivity contribution < 1.29 is 17.7 Å². The van der Waals surface area contributed by atoms with E-state index in [1.807, 2.05) is 0 Å². The third-order valence-electron chi connectivity index (χ3n) is 3.94. The monoisotopic (exact) mass is 376 g/mol.